The Morgan fingerprint density at radius 1 is 0.250 bits per heavy atom. The molecule has 0 saturated carbocycles. The summed E-state index contributed by atoms with van der Waals surface area (Å²) in [5, 5.41) is 25.2. The molecule has 0 aliphatic carbocycles. The Morgan fingerprint density at radius 3 is 0.417 bits per heavy atom. The molecule has 0 atom stereocenters. The van der Waals surface area contributed by atoms with Crippen molar-refractivity contribution in [1.82, 2.24) is 0 Å². The third-order valence-corrected chi connectivity index (χ3v) is 2.50. The van der Waals surface area contributed by atoms with E-state index in [4.69, 9.17) is 0 Å². The van der Waals surface area contributed by atoms with Crippen LogP contribution in [0.2, 0.25) is 0 Å². The molecule has 12 heteroatoms. The largest absolute Gasteiger partial charge is 2.00 e. The fourth-order valence-corrected chi connectivity index (χ4v) is 1.52. The van der Waals surface area contributed by atoms with Gasteiger partial charge in [0.2, 0.25) is 0 Å². The second kappa shape index (κ2) is 35.0. The molecule has 0 aromatic carbocycles. The van der Waals surface area contributed by atoms with Gasteiger partial charge < -0.3 is 53.8 Å². The standard InChI is InChI=1S/2C6H12N3.4H2O.2Rh/c2*1-2-8-5-6-9-4-3-7-1;;;;;;/h2*1-6H2;4*1H2;;/q2*-3;;;;;2*+2. The summed E-state index contributed by atoms with van der Waals surface area (Å²) in [5.74, 6) is 0. The van der Waals surface area contributed by atoms with Gasteiger partial charge in [-0.25, -0.2) is 0 Å². The third kappa shape index (κ3) is 30.7. The maximum absolute atomic E-state index is 4.20. The molecule has 0 aromatic heterocycles. The monoisotopic (exact) mass is 530 g/mol. The first-order valence-corrected chi connectivity index (χ1v) is 6.79. The van der Waals surface area contributed by atoms with E-state index in [0.717, 1.165) is 78.5 Å². The van der Waals surface area contributed by atoms with Crippen LogP contribution in [0.3, 0.4) is 0 Å². The second-order valence-corrected chi connectivity index (χ2v) is 4.02. The van der Waals surface area contributed by atoms with E-state index >= 15 is 0 Å². The molecule has 0 unspecified atom stereocenters. The van der Waals surface area contributed by atoms with Gasteiger partial charge in [-0.3, -0.25) is 0 Å². The van der Waals surface area contributed by atoms with E-state index in [-0.39, 0.29) is 60.9 Å². The van der Waals surface area contributed by atoms with Gasteiger partial charge in [0, 0.05) is 0 Å². The molecule has 24 heavy (non-hydrogen) atoms. The zero-order valence-corrected chi connectivity index (χ0v) is 17.1. The van der Waals surface area contributed by atoms with Crippen LogP contribution in [0.4, 0.5) is 0 Å². The zero-order valence-electron chi connectivity index (χ0n) is 13.8. The van der Waals surface area contributed by atoms with Crippen LogP contribution in [-0.4, -0.2) is 100 Å². The van der Waals surface area contributed by atoms with E-state index < -0.39 is 0 Å². The third-order valence-electron chi connectivity index (χ3n) is 2.50. The van der Waals surface area contributed by atoms with Crippen molar-refractivity contribution < 1.29 is 60.9 Å². The van der Waals surface area contributed by atoms with Gasteiger partial charge in [0.15, 0.2) is 0 Å². The van der Waals surface area contributed by atoms with Crippen LogP contribution in [0, 0.1) is 0 Å². The molecular weight excluding hydrogens is 498 g/mol. The molecule has 0 aromatic rings. The molecule has 2 aliphatic heterocycles. The van der Waals surface area contributed by atoms with Crippen molar-refractivity contribution in [1.29, 1.82) is 0 Å². The Morgan fingerprint density at radius 2 is 0.333 bits per heavy atom. The number of nitrogens with zero attached hydrogens (tertiary/aromatic N) is 6. The topological polar surface area (TPSA) is 211 Å². The van der Waals surface area contributed by atoms with Crippen LogP contribution in [-0.2, 0) is 39.0 Å². The summed E-state index contributed by atoms with van der Waals surface area (Å²) in [5.41, 5.74) is 0. The number of hydrogen-bond acceptors (Lipinski definition) is 0. The van der Waals surface area contributed by atoms with Gasteiger partial charge in [-0.15, -0.1) is 0 Å². The van der Waals surface area contributed by atoms with Gasteiger partial charge in [0.25, 0.3) is 0 Å². The van der Waals surface area contributed by atoms with Crippen LogP contribution >= 0.6 is 0 Å². The fourth-order valence-electron chi connectivity index (χ4n) is 1.52. The Labute approximate surface area is 171 Å². The van der Waals surface area contributed by atoms with Crippen LogP contribution in [0.5, 0.6) is 0 Å². The first kappa shape index (κ1) is 39.8. The van der Waals surface area contributed by atoms with Crippen molar-refractivity contribution >= 4 is 0 Å². The van der Waals surface area contributed by atoms with Crippen molar-refractivity contribution in [2.24, 2.45) is 0 Å². The molecule has 10 nitrogen and oxygen atoms in total. The van der Waals surface area contributed by atoms with Gasteiger partial charge in [-0.05, 0) is 0 Å². The summed E-state index contributed by atoms with van der Waals surface area (Å²) in [6.45, 7) is 10.8. The zero-order chi connectivity index (χ0) is 12.7. The van der Waals surface area contributed by atoms with Crippen LogP contribution in [0.15, 0.2) is 0 Å². The summed E-state index contributed by atoms with van der Waals surface area (Å²) in [6.07, 6.45) is 0. The minimum Gasteiger partial charge on any atom is -0.665 e. The first-order chi connectivity index (χ1) is 9.00. The average molecular weight is 530 g/mol. The molecular formula is C12H32N6O4Rh2-2. The minimum atomic E-state index is 0. The summed E-state index contributed by atoms with van der Waals surface area (Å²) in [4.78, 5) is 0. The predicted molar refractivity (Wildman–Crippen MR) is 93.0 cm³/mol. The first-order valence-electron chi connectivity index (χ1n) is 6.79. The second-order valence-electron chi connectivity index (χ2n) is 4.02. The van der Waals surface area contributed by atoms with Crippen molar-refractivity contribution in [3.8, 4) is 0 Å². The van der Waals surface area contributed by atoms with Crippen molar-refractivity contribution in [3.63, 3.8) is 0 Å². The Bertz CT molecular complexity index is 117. The Hall–Kier alpha value is 0.847. The molecule has 2 radical (unpaired) electrons. The Balaban J connectivity index is -0.0000000540. The fraction of sp³-hybridized carbons (Fsp3) is 1.00. The molecule has 154 valence electrons. The number of hydrogen-bond donors (Lipinski definition) is 0. The molecule has 2 aliphatic rings. The van der Waals surface area contributed by atoms with Crippen molar-refractivity contribution in [2.45, 2.75) is 0 Å². The Kier molecular flexibility index (Phi) is 58.1. The van der Waals surface area contributed by atoms with Gasteiger partial charge in [0.1, 0.15) is 0 Å². The summed E-state index contributed by atoms with van der Waals surface area (Å²) < 4.78 is 0. The maximum atomic E-state index is 4.20. The van der Waals surface area contributed by atoms with E-state index in [0.29, 0.717) is 0 Å². The van der Waals surface area contributed by atoms with E-state index in [1.807, 2.05) is 0 Å². The quantitative estimate of drug-likeness (QED) is 0.343. The normalized spacial score (nSPS) is 18.0. The van der Waals surface area contributed by atoms with Crippen molar-refractivity contribution in [2.75, 3.05) is 78.5 Å². The minimum absolute atomic E-state index is 0. The van der Waals surface area contributed by atoms with Gasteiger partial charge in [-0.2, -0.15) is 78.5 Å². The van der Waals surface area contributed by atoms with Gasteiger partial charge in [-0.1, -0.05) is 0 Å². The molecule has 0 spiro atoms. The smallest absolute Gasteiger partial charge is 0.665 e. The average Bonchev–Trinajstić information content (AvgIpc) is 2.65. The number of rotatable bonds is 0. The van der Waals surface area contributed by atoms with Crippen LogP contribution in [0.1, 0.15) is 0 Å². The van der Waals surface area contributed by atoms with Crippen LogP contribution in [0.25, 0.3) is 31.9 Å². The van der Waals surface area contributed by atoms with Gasteiger partial charge >= 0.3 is 39.0 Å². The van der Waals surface area contributed by atoms with Gasteiger partial charge in [0.05, 0.1) is 0 Å². The van der Waals surface area contributed by atoms with E-state index in [1.165, 1.54) is 0 Å². The molecule has 0 bridgehead atoms. The predicted octanol–water partition coefficient (Wildman–Crippen LogP) is -1.06. The van der Waals surface area contributed by atoms with E-state index in [2.05, 4.69) is 31.9 Å². The van der Waals surface area contributed by atoms with E-state index in [9.17, 15) is 0 Å². The maximum Gasteiger partial charge on any atom is 2.00 e. The van der Waals surface area contributed by atoms with Crippen molar-refractivity contribution in [3.05, 3.63) is 31.9 Å². The molecule has 0 amide bonds. The van der Waals surface area contributed by atoms with E-state index in [1.54, 1.807) is 0 Å². The molecule has 8 N–H and O–H groups in total. The molecule has 2 saturated heterocycles. The molecule has 2 heterocycles. The summed E-state index contributed by atoms with van der Waals surface area (Å²) in [7, 11) is 0. The summed E-state index contributed by atoms with van der Waals surface area (Å²) >= 11 is 0. The molecule has 2 fully saturated rings. The molecule has 2 rings (SSSR count). The summed E-state index contributed by atoms with van der Waals surface area (Å²) in [6, 6.07) is 0. The van der Waals surface area contributed by atoms with Crippen LogP contribution < -0.4 is 0 Å². The SMILES string of the molecule is C1C[N-]CC[N-]CC[N-]1.C1C[N-]CC[N-]CC[N-]1.O.O.O.O.[Rh+2].[Rh+2].